The van der Waals surface area contributed by atoms with Crippen molar-refractivity contribution in [2.45, 2.75) is 0 Å². The Hall–Kier alpha value is -2.50. The summed E-state index contributed by atoms with van der Waals surface area (Å²) in [5.74, 6) is -1.52. The van der Waals surface area contributed by atoms with Crippen molar-refractivity contribution in [1.82, 2.24) is 9.88 Å². The van der Waals surface area contributed by atoms with Crippen LogP contribution in [0.4, 0.5) is 0 Å². The lowest BCUT2D eigenvalue weighted by Gasteiger charge is -2.05. The number of phenolic OH excluding ortho intramolecular Hbond substituents is 1. The first-order valence-corrected chi connectivity index (χ1v) is 5.28. The van der Waals surface area contributed by atoms with E-state index in [2.05, 4.69) is 5.32 Å². The van der Waals surface area contributed by atoms with E-state index in [-0.39, 0.29) is 5.75 Å². The first-order chi connectivity index (χ1) is 8.50. The molecule has 0 aliphatic heterocycles. The Morgan fingerprint density at radius 1 is 1.39 bits per heavy atom. The molecule has 2 rings (SSSR count). The molecule has 18 heavy (non-hydrogen) atoms. The highest BCUT2D eigenvalue weighted by Crippen LogP contribution is 2.26. The molecule has 0 spiro atoms. The van der Waals surface area contributed by atoms with Gasteiger partial charge in [0.25, 0.3) is 5.91 Å². The number of carbonyl (C=O) groups is 2. The van der Waals surface area contributed by atoms with Crippen molar-refractivity contribution in [2.75, 3.05) is 6.54 Å². The minimum Gasteiger partial charge on any atom is -0.506 e. The number of phenols is 1. The number of hydrogen-bond donors (Lipinski definition) is 3. The molecule has 1 aromatic heterocycles. The van der Waals surface area contributed by atoms with Gasteiger partial charge in [-0.1, -0.05) is 12.1 Å². The molecule has 0 fully saturated rings. The van der Waals surface area contributed by atoms with Gasteiger partial charge >= 0.3 is 5.97 Å². The summed E-state index contributed by atoms with van der Waals surface area (Å²) >= 11 is 0. The number of carboxylic acids is 1. The predicted octanol–water partition coefficient (Wildman–Crippen LogP) is 0.698. The van der Waals surface area contributed by atoms with E-state index in [0.29, 0.717) is 11.2 Å². The van der Waals surface area contributed by atoms with Gasteiger partial charge in [-0.25, -0.2) is 0 Å². The zero-order valence-corrected chi connectivity index (χ0v) is 9.67. The van der Waals surface area contributed by atoms with E-state index in [0.717, 1.165) is 5.39 Å². The van der Waals surface area contributed by atoms with E-state index in [4.69, 9.17) is 5.11 Å². The number of amides is 1. The van der Waals surface area contributed by atoms with Gasteiger partial charge in [-0.3, -0.25) is 9.59 Å². The van der Waals surface area contributed by atoms with Gasteiger partial charge in [0, 0.05) is 12.4 Å². The topological polar surface area (TPSA) is 91.6 Å². The Kier molecular flexibility index (Phi) is 2.93. The zero-order valence-electron chi connectivity index (χ0n) is 9.67. The molecule has 3 N–H and O–H groups in total. The largest absolute Gasteiger partial charge is 0.506 e. The zero-order chi connectivity index (χ0) is 13.3. The number of carboxylic acid groups (broad SMARTS) is 1. The second kappa shape index (κ2) is 4.40. The fourth-order valence-corrected chi connectivity index (χ4v) is 1.86. The van der Waals surface area contributed by atoms with Gasteiger partial charge < -0.3 is 20.1 Å². The second-order valence-corrected chi connectivity index (χ2v) is 3.88. The van der Waals surface area contributed by atoms with Gasteiger partial charge in [-0.2, -0.15) is 0 Å². The number of aromatic nitrogens is 1. The van der Waals surface area contributed by atoms with E-state index in [9.17, 15) is 14.7 Å². The third-order valence-electron chi connectivity index (χ3n) is 2.67. The fraction of sp³-hybridized carbons (Fsp3) is 0.167. The Morgan fingerprint density at radius 2 is 2.11 bits per heavy atom. The highest BCUT2D eigenvalue weighted by molar-refractivity contribution is 6.00. The normalized spacial score (nSPS) is 10.5. The molecule has 2 aromatic rings. The van der Waals surface area contributed by atoms with E-state index >= 15 is 0 Å². The number of hydrogen-bond acceptors (Lipinski definition) is 3. The maximum Gasteiger partial charge on any atom is 0.322 e. The lowest BCUT2D eigenvalue weighted by atomic mass is 10.2. The Morgan fingerprint density at radius 3 is 2.72 bits per heavy atom. The third-order valence-corrected chi connectivity index (χ3v) is 2.67. The number of aromatic hydroxyl groups is 1. The molecular weight excluding hydrogens is 236 g/mol. The van der Waals surface area contributed by atoms with Crippen LogP contribution in [0.15, 0.2) is 24.3 Å². The standard InChI is InChI=1S/C12H12N2O4/c1-14-8(12(18)13-6-10(16)17)5-7-3-2-4-9(15)11(7)14/h2-5,15H,6H2,1H3,(H,13,18)(H,16,17). The number of para-hydroxylation sites is 1. The van der Waals surface area contributed by atoms with Crippen molar-refractivity contribution in [3.05, 3.63) is 30.0 Å². The number of rotatable bonds is 3. The molecule has 94 valence electrons. The molecule has 1 aromatic carbocycles. The quantitative estimate of drug-likeness (QED) is 0.745. The molecule has 0 atom stereocenters. The number of nitrogens with one attached hydrogen (secondary N) is 1. The number of carbonyl (C=O) groups excluding carboxylic acids is 1. The van der Waals surface area contributed by atoms with Crippen molar-refractivity contribution in [3.63, 3.8) is 0 Å². The number of aliphatic carboxylic acids is 1. The molecule has 0 unspecified atom stereocenters. The van der Waals surface area contributed by atoms with Crippen molar-refractivity contribution in [3.8, 4) is 5.75 Å². The monoisotopic (exact) mass is 248 g/mol. The van der Waals surface area contributed by atoms with Gasteiger partial charge in [-0.05, 0) is 12.1 Å². The van der Waals surface area contributed by atoms with Crippen LogP contribution in [0.3, 0.4) is 0 Å². The maximum absolute atomic E-state index is 11.8. The van der Waals surface area contributed by atoms with Crippen LogP contribution >= 0.6 is 0 Å². The number of fused-ring (bicyclic) bond motifs is 1. The molecular formula is C12H12N2O4. The van der Waals surface area contributed by atoms with Crippen molar-refractivity contribution in [2.24, 2.45) is 7.05 Å². The minimum atomic E-state index is -1.11. The summed E-state index contributed by atoms with van der Waals surface area (Å²) in [6.45, 7) is -0.438. The molecule has 0 saturated heterocycles. The van der Waals surface area contributed by atoms with Crippen LogP contribution in [0, 0.1) is 0 Å². The maximum atomic E-state index is 11.8. The van der Waals surface area contributed by atoms with Crippen LogP contribution in [0.1, 0.15) is 10.5 Å². The van der Waals surface area contributed by atoms with E-state index in [1.807, 2.05) is 0 Å². The summed E-state index contributed by atoms with van der Waals surface area (Å²) in [5, 5.41) is 21.2. The molecule has 0 bridgehead atoms. The molecule has 0 aliphatic rings. The summed E-state index contributed by atoms with van der Waals surface area (Å²) in [4.78, 5) is 22.2. The first-order valence-electron chi connectivity index (χ1n) is 5.28. The van der Waals surface area contributed by atoms with Gasteiger partial charge in [0.1, 0.15) is 18.0 Å². The van der Waals surface area contributed by atoms with Crippen LogP contribution in [0.5, 0.6) is 5.75 Å². The van der Waals surface area contributed by atoms with E-state index in [1.54, 1.807) is 25.2 Å². The lowest BCUT2D eigenvalue weighted by molar-refractivity contribution is -0.135. The average Bonchev–Trinajstić information content (AvgIpc) is 2.65. The Labute approximate surface area is 102 Å². The second-order valence-electron chi connectivity index (χ2n) is 3.88. The van der Waals surface area contributed by atoms with Gasteiger partial charge in [-0.15, -0.1) is 0 Å². The summed E-state index contributed by atoms with van der Waals surface area (Å²) in [6, 6.07) is 6.58. The van der Waals surface area contributed by atoms with Crippen molar-refractivity contribution in [1.29, 1.82) is 0 Å². The molecule has 6 nitrogen and oxygen atoms in total. The first kappa shape index (κ1) is 12.0. The average molecular weight is 248 g/mol. The SMILES string of the molecule is Cn1c(C(=O)NCC(=O)O)cc2cccc(O)c21. The Balaban J connectivity index is 2.40. The summed E-state index contributed by atoms with van der Waals surface area (Å²) in [7, 11) is 1.64. The van der Waals surface area contributed by atoms with E-state index < -0.39 is 18.4 Å². The van der Waals surface area contributed by atoms with E-state index in [1.165, 1.54) is 10.6 Å². The van der Waals surface area contributed by atoms with Crippen molar-refractivity contribution < 1.29 is 19.8 Å². The molecule has 1 amide bonds. The number of benzene rings is 1. The molecule has 0 saturated carbocycles. The van der Waals surface area contributed by atoms with Crippen LogP contribution < -0.4 is 5.32 Å². The Bertz CT molecular complexity index is 630. The molecule has 0 radical (unpaired) electrons. The van der Waals surface area contributed by atoms with Crippen LogP contribution in [0.25, 0.3) is 10.9 Å². The van der Waals surface area contributed by atoms with Crippen molar-refractivity contribution >= 4 is 22.8 Å². The molecule has 0 aliphatic carbocycles. The predicted molar refractivity (Wildman–Crippen MR) is 64.6 cm³/mol. The number of nitrogens with zero attached hydrogens (tertiary/aromatic N) is 1. The molecule has 1 heterocycles. The van der Waals surface area contributed by atoms with Gasteiger partial charge in [0.15, 0.2) is 0 Å². The molecule has 6 heteroatoms. The van der Waals surface area contributed by atoms with Gasteiger partial charge in [0.05, 0.1) is 5.52 Å². The third kappa shape index (κ3) is 2.00. The summed E-state index contributed by atoms with van der Waals surface area (Å²) in [5.41, 5.74) is 0.839. The smallest absolute Gasteiger partial charge is 0.322 e. The number of aryl methyl sites for hydroxylation is 1. The highest BCUT2D eigenvalue weighted by Gasteiger charge is 2.15. The highest BCUT2D eigenvalue weighted by atomic mass is 16.4. The van der Waals surface area contributed by atoms with Gasteiger partial charge in [0.2, 0.25) is 0 Å². The minimum absolute atomic E-state index is 0.0762. The fourth-order valence-electron chi connectivity index (χ4n) is 1.86. The van der Waals surface area contributed by atoms with Crippen LogP contribution in [-0.2, 0) is 11.8 Å². The lowest BCUT2D eigenvalue weighted by Crippen LogP contribution is -2.30. The van der Waals surface area contributed by atoms with Crippen LogP contribution in [-0.4, -0.2) is 33.2 Å². The summed E-state index contributed by atoms with van der Waals surface area (Å²) in [6.07, 6.45) is 0. The van der Waals surface area contributed by atoms with Crippen LogP contribution in [0.2, 0.25) is 0 Å². The summed E-state index contributed by atoms with van der Waals surface area (Å²) < 4.78 is 1.53.